The fraction of sp³-hybridized carbons (Fsp3) is 0.778. The van der Waals surface area contributed by atoms with E-state index in [1.165, 1.54) is 19.8 Å². The van der Waals surface area contributed by atoms with Gasteiger partial charge in [-0.25, -0.2) is 4.79 Å². The van der Waals surface area contributed by atoms with Crippen molar-refractivity contribution in [3.63, 3.8) is 0 Å². The number of ether oxygens (including phenoxy) is 1. The molecule has 3 aliphatic rings. The Bertz CT molecular complexity index is 632. The number of piperidine rings is 1. The first kappa shape index (κ1) is 18.0. The van der Waals surface area contributed by atoms with E-state index in [9.17, 15) is 4.79 Å². The summed E-state index contributed by atoms with van der Waals surface area (Å²) in [7, 11) is 11.2. The summed E-state index contributed by atoms with van der Waals surface area (Å²) in [6, 6.07) is 3.18. The molecule has 1 aliphatic carbocycles. The minimum atomic E-state index is -1.41. The Labute approximate surface area is 158 Å². The van der Waals surface area contributed by atoms with E-state index in [2.05, 4.69) is 20.9 Å². The number of likely N-dealkylation sites (tertiary alicyclic amines) is 2. The maximum Gasteiger partial charge on any atom is 0.408 e. The zero-order chi connectivity index (χ0) is 18.4. The zero-order valence-electron chi connectivity index (χ0n) is 15.5. The Morgan fingerprint density at radius 3 is 2.58 bits per heavy atom. The lowest BCUT2D eigenvalue weighted by Gasteiger charge is -2.51. The van der Waals surface area contributed by atoms with Crippen molar-refractivity contribution in [2.24, 2.45) is 5.41 Å². The topological polar surface area (TPSA) is 50.6 Å². The first-order valence-electron chi connectivity index (χ1n) is 9.62. The first-order chi connectivity index (χ1) is 12.3. The van der Waals surface area contributed by atoms with Crippen molar-refractivity contribution in [1.29, 1.82) is 0 Å². The Morgan fingerprint density at radius 1 is 1.23 bits per heavy atom. The van der Waals surface area contributed by atoms with Crippen LogP contribution in [0.2, 0.25) is 0 Å². The van der Waals surface area contributed by atoms with Gasteiger partial charge in [-0.2, -0.15) is 5.10 Å². The monoisotopic (exact) mass is 352 g/mol. The minimum Gasteiger partial charge on any atom is -0.464 e. The van der Waals surface area contributed by atoms with Crippen molar-refractivity contribution < 1.29 is 9.53 Å². The molecule has 26 heavy (non-hydrogen) atoms. The molecular weight excluding hydrogens is 326 g/mol. The zero-order valence-corrected chi connectivity index (χ0v) is 15.5. The Kier molecular flexibility index (Phi) is 4.58. The van der Waals surface area contributed by atoms with E-state index in [1.807, 2.05) is 12.3 Å². The highest BCUT2D eigenvalue weighted by Gasteiger charge is 2.51. The van der Waals surface area contributed by atoms with Crippen LogP contribution in [0.3, 0.4) is 0 Å². The molecule has 0 N–H and O–H groups in total. The second kappa shape index (κ2) is 6.63. The van der Waals surface area contributed by atoms with Crippen LogP contribution in [-0.4, -0.2) is 79.0 Å². The Morgan fingerprint density at radius 2 is 1.96 bits per heavy atom. The first-order valence-corrected chi connectivity index (χ1v) is 9.62. The normalized spacial score (nSPS) is 30.5. The molecule has 6 nitrogen and oxygen atoms in total. The molecule has 3 fully saturated rings. The maximum absolute atomic E-state index is 12.1. The Balaban J connectivity index is 1.24. The van der Waals surface area contributed by atoms with E-state index in [0.29, 0.717) is 12.1 Å². The predicted octanol–water partition coefficient (Wildman–Crippen LogP) is 1.52. The van der Waals surface area contributed by atoms with Crippen LogP contribution in [0.5, 0.6) is 0 Å². The molecule has 8 heteroatoms. The summed E-state index contributed by atoms with van der Waals surface area (Å²) in [4.78, 5) is 16.5. The average molecular weight is 352 g/mol. The van der Waals surface area contributed by atoms with Crippen molar-refractivity contribution >= 4 is 21.8 Å². The number of hydrogen-bond acceptors (Lipinski definition) is 4. The average Bonchev–Trinajstić information content (AvgIpc) is 3.22. The second-order valence-electron chi connectivity index (χ2n) is 8.54. The number of hydrogen-bond donors (Lipinski definition) is 0. The van der Waals surface area contributed by atoms with Crippen LogP contribution in [0.15, 0.2) is 18.5 Å². The molecule has 0 unspecified atom stereocenters. The van der Waals surface area contributed by atoms with Crippen LogP contribution in [-0.2, 0) is 4.74 Å². The molecule has 3 heterocycles. The predicted molar refractivity (Wildman–Crippen MR) is 100 cm³/mol. The highest BCUT2D eigenvalue weighted by molar-refractivity contribution is 6.39. The summed E-state index contributed by atoms with van der Waals surface area (Å²) in [6.07, 6.45) is 9.25. The van der Waals surface area contributed by atoms with Gasteiger partial charge in [-0.3, -0.25) is 4.68 Å². The summed E-state index contributed by atoms with van der Waals surface area (Å²) < 4.78 is 7.20. The number of nitrogens with zero attached hydrogens (tertiary/aromatic N) is 4. The van der Waals surface area contributed by atoms with Crippen LogP contribution in [0, 0.1) is 5.41 Å². The summed E-state index contributed by atoms with van der Waals surface area (Å²) in [6.45, 7) is 5.26. The molecule has 4 rings (SSSR count). The number of amides is 1. The van der Waals surface area contributed by atoms with Crippen molar-refractivity contribution in [3.8, 4) is 0 Å². The van der Waals surface area contributed by atoms with Crippen molar-refractivity contribution in [2.45, 2.75) is 56.5 Å². The Hall–Kier alpha value is -1.43. The standard InChI is InChI=1S/C18H26B2N4O2/c1-17(19,20)26-16(25)23-10-5-18(13-23)11-15(12-18)22-8-3-14(4-9-22)24-7-2-6-21-24/h2,6-7,14-15H,3-5,8-13H2,1H3. The number of aromatic nitrogens is 2. The fourth-order valence-electron chi connectivity index (χ4n) is 4.89. The third-order valence-electron chi connectivity index (χ3n) is 6.26. The fourth-order valence-corrected chi connectivity index (χ4v) is 4.89. The maximum atomic E-state index is 12.1. The summed E-state index contributed by atoms with van der Waals surface area (Å²) >= 11 is 0. The van der Waals surface area contributed by atoms with E-state index in [-0.39, 0.29) is 5.41 Å². The van der Waals surface area contributed by atoms with Gasteiger partial charge < -0.3 is 14.5 Å². The van der Waals surface area contributed by atoms with Gasteiger partial charge in [0, 0.05) is 50.0 Å². The van der Waals surface area contributed by atoms with Crippen LogP contribution < -0.4 is 0 Å². The van der Waals surface area contributed by atoms with Gasteiger partial charge in [0.2, 0.25) is 0 Å². The summed E-state index contributed by atoms with van der Waals surface area (Å²) in [5, 5.41) is 2.97. The number of carbonyl (C=O) groups excluding carboxylic acids is 1. The van der Waals surface area contributed by atoms with Crippen LogP contribution in [0.1, 0.15) is 45.1 Å². The molecule has 1 aromatic heterocycles. The van der Waals surface area contributed by atoms with E-state index >= 15 is 0 Å². The van der Waals surface area contributed by atoms with Gasteiger partial charge in [0.25, 0.3) is 0 Å². The van der Waals surface area contributed by atoms with Crippen LogP contribution in [0.25, 0.3) is 0 Å². The minimum absolute atomic E-state index is 0.266. The van der Waals surface area contributed by atoms with Gasteiger partial charge >= 0.3 is 6.09 Å². The lowest BCUT2D eigenvalue weighted by atomic mass is 9.64. The van der Waals surface area contributed by atoms with Crippen LogP contribution in [0.4, 0.5) is 4.79 Å². The van der Waals surface area contributed by atoms with Gasteiger partial charge in [0.1, 0.15) is 15.7 Å². The highest BCUT2D eigenvalue weighted by atomic mass is 16.6. The molecule has 136 valence electrons. The van der Waals surface area contributed by atoms with E-state index in [1.54, 1.807) is 4.90 Å². The van der Waals surface area contributed by atoms with Gasteiger partial charge in [-0.1, -0.05) is 0 Å². The number of carbonyl (C=O) groups is 1. The van der Waals surface area contributed by atoms with Gasteiger partial charge in [0.05, 0.1) is 6.04 Å². The molecule has 1 saturated carbocycles. The van der Waals surface area contributed by atoms with Gasteiger partial charge in [-0.05, 0) is 50.5 Å². The quantitative estimate of drug-likeness (QED) is 0.775. The largest absolute Gasteiger partial charge is 0.464 e. The molecule has 2 aliphatic heterocycles. The van der Waals surface area contributed by atoms with Crippen molar-refractivity contribution in [3.05, 3.63) is 18.5 Å². The van der Waals surface area contributed by atoms with Crippen LogP contribution >= 0.6 is 0 Å². The molecule has 2 saturated heterocycles. The van der Waals surface area contributed by atoms with E-state index < -0.39 is 11.5 Å². The number of rotatable bonds is 3. The molecule has 1 amide bonds. The molecule has 0 bridgehead atoms. The van der Waals surface area contributed by atoms with Gasteiger partial charge in [-0.15, -0.1) is 0 Å². The van der Waals surface area contributed by atoms with E-state index in [4.69, 9.17) is 20.4 Å². The molecule has 0 aromatic carbocycles. The molecule has 1 aromatic rings. The highest BCUT2D eigenvalue weighted by Crippen LogP contribution is 2.50. The molecular formula is C18H26B2N4O2. The second-order valence-corrected chi connectivity index (χ2v) is 8.54. The third-order valence-corrected chi connectivity index (χ3v) is 6.26. The summed E-state index contributed by atoms with van der Waals surface area (Å²) in [5.74, 6) is 0. The lowest BCUT2D eigenvalue weighted by molar-refractivity contribution is -0.00972. The SMILES string of the molecule is [B]C([B])(C)OC(=O)N1CCC2(CC(N3CCC(n4cccn4)CC3)C2)C1. The third kappa shape index (κ3) is 3.66. The summed E-state index contributed by atoms with van der Waals surface area (Å²) in [5.41, 5.74) is 0.266. The smallest absolute Gasteiger partial charge is 0.408 e. The molecule has 4 radical (unpaired) electrons. The van der Waals surface area contributed by atoms with E-state index in [0.717, 1.165) is 45.4 Å². The van der Waals surface area contributed by atoms with Crippen molar-refractivity contribution in [1.82, 2.24) is 19.6 Å². The van der Waals surface area contributed by atoms with Crippen molar-refractivity contribution in [2.75, 3.05) is 26.2 Å². The molecule has 0 atom stereocenters. The lowest BCUT2D eigenvalue weighted by Crippen LogP contribution is -2.54. The van der Waals surface area contributed by atoms with Gasteiger partial charge in [0.15, 0.2) is 0 Å². The molecule has 1 spiro atoms.